The fraction of sp³-hybridized carbons (Fsp3) is 0.538. The molecule has 0 saturated heterocycles. The van der Waals surface area contributed by atoms with E-state index in [-0.39, 0.29) is 12.0 Å². The Morgan fingerprint density at radius 2 is 2.24 bits per heavy atom. The number of methoxy groups -OCH3 is 1. The fourth-order valence-corrected chi connectivity index (χ4v) is 2.53. The molecule has 1 aliphatic heterocycles. The second-order valence-electron chi connectivity index (χ2n) is 4.89. The number of aliphatic hydroxyl groups is 1. The van der Waals surface area contributed by atoms with E-state index in [9.17, 15) is 5.11 Å². The summed E-state index contributed by atoms with van der Waals surface area (Å²) in [5, 5.41) is 10.1. The Morgan fingerprint density at radius 3 is 2.82 bits per heavy atom. The van der Waals surface area contributed by atoms with Crippen LogP contribution in [0.25, 0.3) is 0 Å². The predicted octanol–water partition coefficient (Wildman–Crippen LogP) is 2.55. The van der Waals surface area contributed by atoms with E-state index >= 15 is 0 Å². The maximum absolute atomic E-state index is 9.45. The molecule has 0 atom stereocenters. The van der Waals surface area contributed by atoms with Crippen molar-refractivity contribution in [2.75, 3.05) is 20.3 Å². The van der Waals surface area contributed by atoms with E-state index in [1.54, 1.807) is 7.11 Å². The van der Waals surface area contributed by atoms with E-state index in [1.807, 2.05) is 19.9 Å². The first-order chi connectivity index (χ1) is 8.01. The lowest BCUT2D eigenvalue weighted by atomic mass is 9.84. The van der Waals surface area contributed by atoms with Crippen LogP contribution in [-0.2, 0) is 11.8 Å². The van der Waals surface area contributed by atoms with Gasteiger partial charge in [-0.05, 0) is 11.6 Å². The highest BCUT2D eigenvalue weighted by Crippen LogP contribution is 2.45. The molecular formula is C13H17ClO3. The third kappa shape index (κ3) is 1.98. The van der Waals surface area contributed by atoms with Gasteiger partial charge in [-0.3, -0.25) is 0 Å². The molecule has 2 rings (SSSR count). The van der Waals surface area contributed by atoms with Crippen LogP contribution < -0.4 is 9.47 Å². The van der Waals surface area contributed by atoms with E-state index in [4.69, 9.17) is 21.1 Å². The average Bonchev–Trinajstić information content (AvgIpc) is 2.79. The van der Waals surface area contributed by atoms with Crippen molar-refractivity contribution >= 4 is 11.6 Å². The topological polar surface area (TPSA) is 38.7 Å². The van der Waals surface area contributed by atoms with Crippen molar-refractivity contribution in [3.63, 3.8) is 0 Å². The third-order valence-corrected chi connectivity index (χ3v) is 3.65. The van der Waals surface area contributed by atoms with Gasteiger partial charge in [-0.2, -0.15) is 0 Å². The first-order valence-corrected chi connectivity index (χ1v) is 6.02. The Bertz CT molecular complexity index is 441. The molecule has 0 saturated carbocycles. The molecule has 17 heavy (non-hydrogen) atoms. The largest absolute Gasteiger partial charge is 0.493 e. The molecule has 0 unspecified atom stereocenters. The summed E-state index contributed by atoms with van der Waals surface area (Å²) in [7, 11) is 1.61. The molecule has 1 aromatic rings. The van der Waals surface area contributed by atoms with Crippen LogP contribution >= 0.6 is 11.6 Å². The highest BCUT2D eigenvalue weighted by molar-refractivity contribution is 6.32. The van der Waals surface area contributed by atoms with E-state index in [2.05, 4.69) is 0 Å². The van der Waals surface area contributed by atoms with Crippen LogP contribution in [0, 0.1) is 0 Å². The Kier molecular flexibility index (Phi) is 3.23. The van der Waals surface area contributed by atoms with Gasteiger partial charge in [0, 0.05) is 17.4 Å². The molecule has 94 valence electrons. The van der Waals surface area contributed by atoms with E-state index in [1.165, 1.54) is 0 Å². The van der Waals surface area contributed by atoms with Gasteiger partial charge in [0.25, 0.3) is 0 Å². The summed E-state index contributed by atoms with van der Waals surface area (Å²) in [6.07, 6.45) is 0.792. The predicted molar refractivity (Wildman–Crippen MR) is 67.3 cm³/mol. The van der Waals surface area contributed by atoms with Gasteiger partial charge in [0.2, 0.25) is 0 Å². The molecule has 3 nitrogen and oxygen atoms in total. The minimum atomic E-state index is -0.387. The lowest BCUT2D eigenvalue weighted by Gasteiger charge is -2.25. The Morgan fingerprint density at radius 1 is 1.53 bits per heavy atom. The van der Waals surface area contributed by atoms with Gasteiger partial charge in [-0.25, -0.2) is 0 Å². The maximum Gasteiger partial charge on any atom is 0.165 e. The Hall–Kier alpha value is -0.930. The zero-order valence-electron chi connectivity index (χ0n) is 10.3. The van der Waals surface area contributed by atoms with E-state index in [0.717, 1.165) is 23.3 Å². The summed E-state index contributed by atoms with van der Waals surface area (Å²) < 4.78 is 10.9. The van der Waals surface area contributed by atoms with Gasteiger partial charge >= 0.3 is 0 Å². The number of rotatable bonds is 3. The molecule has 1 N–H and O–H groups in total. The van der Waals surface area contributed by atoms with Crippen molar-refractivity contribution in [3.05, 3.63) is 22.2 Å². The molecule has 0 amide bonds. The smallest absolute Gasteiger partial charge is 0.165 e. The number of aliphatic hydroxyl groups excluding tert-OH is 1. The summed E-state index contributed by atoms with van der Waals surface area (Å²) in [5.41, 5.74) is 1.51. The van der Waals surface area contributed by atoms with Crippen LogP contribution in [-0.4, -0.2) is 25.4 Å². The average molecular weight is 257 g/mol. The minimum Gasteiger partial charge on any atom is -0.493 e. The van der Waals surface area contributed by atoms with Crippen LogP contribution in [0.4, 0.5) is 0 Å². The van der Waals surface area contributed by atoms with Gasteiger partial charge in [-0.1, -0.05) is 25.4 Å². The number of hydrogen-bond acceptors (Lipinski definition) is 3. The molecule has 0 fully saturated rings. The molecule has 1 aromatic carbocycles. The first kappa shape index (κ1) is 12.5. The van der Waals surface area contributed by atoms with Crippen molar-refractivity contribution in [1.82, 2.24) is 0 Å². The molecule has 0 aromatic heterocycles. The summed E-state index contributed by atoms with van der Waals surface area (Å²) in [5.74, 6) is 1.44. The van der Waals surface area contributed by atoms with Gasteiger partial charge in [0.1, 0.15) is 0 Å². The highest BCUT2D eigenvalue weighted by Gasteiger charge is 2.30. The zero-order chi connectivity index (χ0) is 12.6. The van der Waals surface area contributed by atoms with Crippen LogP contribution in [0.5, 0.6) is 11.5 Å². The molecule has 1 aliphatic rings. The Balaban J connectivity index is 2.62. The zero-order valence-corrected chi connectivity index (χ0v) is 11.1. The SMILES string of the molecule is COc1cc(C(C)(C)CO)c(Cl)c2c1OCC2. The van der Waals surface area contributed by atoms with Crippen molar-refractivity contribution < 1.29 is 14.6 Å². The molecule has 0 radical (unpaired) electrons. The lowest BCUT2D eigenvalue weighted by Crippen LogP contribution is -2.23. The van der Waals surface area contributed by atoms with Crippen molar-refractivity contribution in [2.24, 2.45) is 0 Å². The molecule has 1 heterocycles. The maximum atomic E-state index is 9.45. The number of fused-ring (bicyclic) bond motifs is 1. The number of hydrogen-bond donors (Lipinski definition) is 1. The van der Waals surface area contributed by atoms with Crippen molar-refractivity contribution in [3.8, 4) is 11.5 Å². The monoisotopic (exact) mass is 256 g/mol. The van der Waals surface area contributed by atoms with E-state index in [0.29, 0.717) is 17.4 Å². The standard InChI is InChI=1S/C13H17ClO3/c1-13(2,7-15)9-6-10(16-3)12-8(11(9)14)4-5-17-12/h6,15H,4-5,7H2,1-3H3. The quantitative estimate of drug-likeness (QED) is 0.903. The minimum absolute atomic E-state index is 0.0372. The molecule has 0 spiro atoms. The number of halogens is 1. The lowest BCUT2D eigenvalue weighted by molar-refractivity contribution is 0.218. The van der Waals surface area contributed by atoms with Gasteiger partial charge in [0.05, 0.1) is 25.3 Å². The van der Waals surface area contributed by atoms with Gasteiger partial charge in [-0.15, -0.1) is 0 Å². The first-order valence-electron chi connectivity index (χ1n) is 5.64. The second-order valence-corrected chi connectivity index (χ2v) is 5.27. The van der Waals surface area contributed by atoms with Crippen LogP contribution in [0.3, 0.4) is 0 Å². The molecule has 0 aliphatic carbocycles. The van der Waals surface area contributed by atoms with E-state index < -0.39 is 0 Å². The summed E-state index contributed by atoms with van der Waals surface area (Å²) in [6.45, 7) is 4.58. The number of ether oxygens (including phenoxy) is 2. The van der Waals surface area contributed by atoms with Crippen LogP contribution in [0.15, 0.2) is 6.07 Å². The van der Waals surface area contributed by atoms with Gasteiger partial charge in [0.15, 0.2) is 11.5 Å². The summed E-state index contributed by atoms with van der Waals surface area (Å²) in [4.78, 5) is 0. The van der Waals surface area contributed by atoms with Crippen molar-refractivity contribution in [1.29, 1.82) is 0 Å². The molecule has 4 heteroatoms. The van der Waals surface area contributed by atoms with Crippen molar-refractivity contribution in [2.45, 2.75) is 25.7 Å². The molecule has 0 bridgehead atoms. The van der Waals surface area contributed by atoms with Gasteiger partial charge < -0.3 is 14.6 Å². The molecular weight excluding hydrogens is 240 g/mol. The number of benzene rings is 1. The second kappa shape index (κ2) is 4.39. The fourth-order valence-electron chi connectivity index (χ4n) is 2.04. The normalized spacial score (nSPS) is 14.4. The summed E-state index contributed by atoms with van der Waals surface area (Å²) >= 11 is 6.40. The Labute approximate surface area is 106 Å². The van der Waals surface area contributed by atoms with Crippen LogP contribution in [0.1, 0.15) is 25.0 Å². The van der Waals surface area contributed by atoms with Crippen LogP contribution in [0.2, 0.25) is 5.02 Å². The third-order valence-electron chi connectivity index (χ3n) is 3.22. The summed E-state index contributed by atoms with van der Waals surface area (Å²) in [6, 6.07) is 1.86. The highest BCUT2D eigenvalue weighted by atomic mass is 35.5.